The van der Waals surface area contributed by atoms with E-state index in [9.17, 15) is 9.90 Å². The van der Waals surface area contributed by atoms with E-state index in [0.717, 1.165) is 0 Å². The summed E-state index contributed by atoms with van der Waals surface area (Å²) in [5, 5.41) is 10.4. The van der Waals surface area contributed by atoms with Gasteiger partial charge in [-0.3, -0.25) is 4.98 Å². The number of likely N-dealkylation sites (tertiary alicyclic amines) is 1. The van der Waals surface area contributed by atoms with Crippen LogP contribution in [-0.2, 0) is 10.3 Å². The van der Waals surface area contributed by atoms with Crippen molar-refractivity contribution in [1.82, 2.24) is 9.88 Å². The number of anilines is 1. The number of nitrogens with zero attached hydrogens (tertiary/aromatic N) is 2. The molecule has 1 aliphatic rings. The summed E-state index contributed by atoms with van der Waals surface area (Å²) >= 11 is 0. The maximum absolute atomic E-state index is 11.8. The number of ether oxygens (including phenoxy) is 1. The van der Waals surface area contributed by atoms with Gasteiger partial charge >= 0.3 is 6.09 Å². The van der Waals surface area contributed by atoms with Crippen LogP contribution in [0.25, 0.3) is 0 Å². The lowest BCUT2D eigenvalue weighted by Gasteiger charge is -2.46. The van der Waals surface area contributed by atoms with Gasteiger partial charge in [-0.2, -0.15) is 0 Å². The first kappa shape index (κ1) is 13.6. The highest BCUT2D eigenvalue weighted by molar-refractivity contribution is 5.70. The van der Waals surface area contributed by atoms with Crippen molar-refractivity contribution in [3.05, 3.63) is 24.0 Å². The molecule has 0 aliphatic carbocycles. The molecule has 1 aliphatic heterocycles. The molecule has 0 atom stereocenters. The van der Waals surface area contributed by atoms with Crippen molar-refractivity contribution in [3.8, 4) is 0 Å². The van der Waals surface area contributed by atoms with E-state index in [1.165, 1.54) is 11.1 Å². The maximum Gasteiger partial charge on any atom is 0.410 e. The molecule has 0 spiro atoms. The summed E-state index contributed by atoms with van der Waals surface area (Å²) in [6.45, 7) is 5.73. The number of hydrogen-bond acceptors (Lipinski definition) is 5. The zero-order chi connectivity index (χ0) is 14.3. The fraction of sp³-hybridized carbons (Fsp3) is 0.538. The Balaban J connectivity index is 2.02. The standard InChI is InChI=1S/C13H19N3O3/c1-12(2,3)19-11(17)16-7-13(18,8-16)9-6-15-5-4-10(9)14/h4-6,18H,7-8H2,1-3H3,(H2,14,15). The minimum atomic E-state index is -1.13. The average molecular weight is 265 g/mol. The van der Waals surface area contributed by atoms with Gasteiger partial charge in [0.15, 0.2) is 0 Å². The van der Waals surface area contributed by atoms with E-state index in [1.54, 1.807) is 33.0 Å². The molecule has 1 aromatic rings. The molecule has 1 amide bonds. The second-order valence-corrected chi connectivity index (χ2v) is 5.83. The van der Waals surface area contributed by atoms with Crippen LogP contribution in [-0.4, -0.2) is 39.8 Å². The fourth-order valence-corrected chi connectivity index (χ4v) is 2.01. The van der Waals surface area contributed by atoms with Gasteiger partial charge < -0.3 is 20.5 Å². The maximum atomic E-state index is 11.8. The molecule has 0 saturated carbocycles. The topological polar surface area (TPSA) is 88.7 Å². The Kier molecular flexibility index (Phi) is 3.14. The van der Waals surface area contributed by atoms with Crippen LogP contribution in [0.15, 0.2) is 18.5 Å². The Bertz CT molecular complexity index is 490. The van der Waals surface area contributed by atoms with E-state index >= 15 is 0 Å². The number of carbonyl (C=O) groups is 1. The third kappa shape index (κ3) is 2.78. The number of rotatable bonds is 1. The summed E-state index contributed by atoms with van der Waals surface area (Å²) in [6.07, 6.45) is 2.66. The van der Waals surface area contributed by atoms with E-state index in [-0.39, 0.29) is 13.1 Å². The lowest BCUT2D eigenvalue weighted by Crippen LogP contribution is -2.62. The van der Waals surface area contributed by atoms with Crippen molar-refractivity contribution in [2.24, 2.45) is 0 Å². The number of nitrogen functional groups attached to an aromatic ring is 1. The summed E-state index contributed by atoms with van der Waals surface area (Å²) in [7, 11) is 0. The second kappa shape index (κ2) is 4.38. The number of aliphatic hydroxyl groups is 1. The molecule has 1 fully saturated rings. The highest BCUT2D eigenvalue weighted by atomic mass is 16.6. The Morgan fingerprint density at radius 3 is 2.68 bits per heavy atom. The Hall–Kier alpha value is -1.82. The van der Waals surface area contributed by atoms with Crippen molar-refractivity contribution in [2.75, 3.05) is 18.8 Å². The summed E-state index contributed by atoms with van der Waals surface area (Å²) < 4.78 is 5.23. The number of nitrogens with two attached hydrogens (primary N) is 1. The smallest absolute Gasteiger partial charge is 0.410 e. The largest absolute Gasteiger partial charge is 0.444 e. The zero-order valence-corrected chi connectivity index (χ0v) is 11.4. The van der Waals surface area contributed by atoms with E-state index in [1.807, 2.05) is 0 Å². The fourth-order valence-electron chi connectivity index (χ4n) is 2.01. The number of amides is 1. The van der Waals surface area contributed by atoms with Crippen molar-refractivity contribution in [3.63, 3.8) is 0 Å². The number of pyridine rings is 1. The summed E-state index contributed by atoms with van der Waals surface area (Å²) in [4.78, 5) is 17.2. The normalized spacial score (nSPS) is 17.8. The van der Waals surface area contributed by atoms with Crippen LogP contribution < -0.4 is 5.73 Å². The molecule has 3 N–H and O–H groups in total. The monoisotopic (exact) mass is 265 g/mol. The van der Waals surface area contributed by atoms with E-state index in [0.29, 0.717) is 11.3 Å². The average Bonchev–Trinajstić information content (AvgIpc) is 2.23. The number of carbonyl (C=O) groups excluding carboxylic acids is 1. The molecule has 0 bridgehead atoms. The van der Waals surface area contributed by atoms with Gasteiger partial charge in [-0.05, 0) is 26.8 Å². The summed E-state index contributed by atoms with van der Waals surface area (Å²) in [6, 6.07) is 1.63. The van der Waals surface area contributed by atoms with Crippen molar-refractivity contribution >= 4 is 11.8 Å². The minimum Gasteiger partial charge on any atom is -0.444 e. The van der Waals surface area contributed by atoms with Gasteiger partial charge in [0.1, 0.15) is 11.2 Å². The molecule has 0 unspecified atom stereocenters. The SMILES string of the molecule is CC(C)(C)OC(=O)N1CC(O)(c2cnccc2N)C1. The molecule has 1 aromatic heterocycles. The van der Waals surface area contributed by atoms with Gasteiger partial charge in [-0.25, -0.2) is 4.79 Å². The minimum absolute atomic E-state index is 0.164. The highest BCUT2D eigenvalue weighted by Crippen LogP contribution is 2.35. The van der Waals surface area contributed by atoms with Gasteiger partial charge in [-0.15, -0.1) is 0 Å². The van der Waals surface area contributed by atoms with Gasteiger partial charge in [0.05, 0.1) is 13.1 Å². The predicted molar refractivity (Wildman–Crippen MR) is 70.4 cm³/mol. The Labute approximate surface area is 112 Å². The third-order valence-electron chi connectivity index (χ3n) is 2.91. The molecule has 0 aromatic carbocycles. The van der Waals surface area contributed by atoms with Crippen molar-refractivity contribution in [1.29, 1.82) is 0 Å². The van der Waals surface area contributed by atoms with Gasteiger partial charge in [0.2, 0.25) is 0 Å². The Morgan fingerprint density at radius 2 is 2.16 bits per heavy atom. The molecular formula is C13H19N3O3. The van der Waals surface area contributed by atoms with Gasteiger partial charge in [-0.1, -0.05) is 0 Å². The quantitative estimate of drug-likeness (QED) is 0.793. The molecule has 1 saturated heterocycles. The number of β-amino-alcohol motifs (C(OH)–C–C–N with tert-alkyl or cyclic N) is 1. The highest BCUT2D eigenvalue weighted by Gasteiger charge is 2.47. The first-order chi connectivity index (χ1) is 8.71. The molecule has 2 rings (SSSR count). The summed E-state index contributed by atoms with van der Waals surface area (Å²) in [5.74, 6) is 0. The molecule has 104 valence electrons. The van der Waals surface area contributed by atoms with Crippen molar-refractivity contribution in [2.45, 2.75) is 32.0 Å². The molecule has 6 heteroatoms. The third-order valence-corrected chi connectivity index (χ3v) is 2.91. The molecule has 2 heterocycles. The van der Waals surface area contributed by atoms with E-state index in [2.05, 4.69) is 4.98 Å². The first-order valence-electron chi connectivity index (χ1n) is 6.11. The lowest BCUT2D eigenvalue weighted by molar-refractivity contribution is -0.103. The predicted octanol–water partition coefficient (Wildman–Crippen LogP) is 1.10. The molecule has 6 nitrogen and oxygen atoms in total. The number of aromatic nitrogens is 1. The molecule has 19 heavy (non-hydrogen) atoms. The van der Waals surface area contributed by atoms with Crippen LogP contribution in [0.4, 0.5) is 10.5 Å². The van der Waals surface area contributed by atoms with Crippen LogP contribution in [0.3, 0.4) is 0 Å². The van der Waals surface area contributed by atoms with E-state index in [4.69, 9.17) is 10.5 Å². The van der Waals surface area contributed by atoms with Gasteiger partial charge in [0, 0.05) is 23.6 Å². The number of hydrogen-bond donors (Lipinski definition) is 2. The van der Waals surface area contributed by atoms with Crippen molar-refractivity contribution < 1.29 is 14.6 Å². The molecule has 0 radical (unpaired) electrons. The van der Waals surface area contributed by atoms with Crippen LogP contribution >= 0.6 is 0 Å². The van der Waals surface area contributed by atoms with Crippen LogP contribution in [0.1, 0.15) is 26.3 Å². The van der Waals surface area contributed by atoms with Gasteiger partial charge in [0.25, 0.3) is 0 Å². The molecular weight excluding hydrogens is 246 g/mol. The van der Waals surface area contributed by atoms with Crippen LogP contribution in [0.2, 0.25) is 0 Å². The summed E-state index contributed by atoms with van der Waals surface area (Å²) in [5.41, 5.74) is 5.16. The Morgan fingerprint density at radius 1 is 1.53 bits per heavy atom. The van der Waals surface area contributed by atoms with E-state index < -0.39 is 17.3 Å². The van der Waals surface area contributed by atoms with Crippen LogP contribution in [0.5, 0.6) is 0 Å². The first-order valence-corrected chi connectivity index (χ1v) is 6.11. The second-order valence-electron chi connectivity index (χ2n) is 5.83. The zero-order valence-electron chi connectivity index (χ0n) is 11.4. The lowest BCUT2D eigenvalue weighted by atomic mass is 9.86. The van der Waals surface area contributed by atoms with Crippen LogP contribution in [0, 0.1) is 0 Å².